The van der Waals surface area contributed by atoms with E-state index in [1.165, 1.54) is 0 Å². The topological polar surface area (TPSA) is 104 Å². The van der Waals surface area contributed by atoms with Gasteiger partial charge < -0.3 is 24.7 Å². The molecule has 2 N–H and O–H groups in total. The maximum atomic E-state index is 12.5. The van der Waals surface area contributed by atoms with Crippen molar-refractivity contribution < 1.29 is 23.7 Å². The predicted octanol–water partition coefficient (Wildman–Crippen LogP) is 5.68. The molecule has 7 nitrogen and oxygen atoms in total. The minimum Gasteiger partial charge on any atom is -0.493 e. The number of allylic oxidation sites excluding steroid dienone is 1. The number of ether oxygens (including phenoxy) is 4. The third-order valence-corrected chi connectivity index (χ3v) is 5.99. The molecule has 0 amide bonds. The van der Waals surface area contributed by atoms with Gasteiger partial charge >= 0.3 is 5.97 Å². The van der Waals surface area contributed by atoms with Crippen molar-refractivity contribution >= 4 is 21.9 Å². The molecule has 0 aliphatic carbocycles. The number of hydrogen-bond donors (Lipinski definition) is 1. The van der Waals surface area contributed by atoms with Crippen LogP contribution in [0.3, 0.4) is 0 Å². The average molecular weight is 535 g/mol. The smallest absolute Gasteiger partial charge is 0.343 e. The van der Waals surface area contributed by atoms with Gasteiger partial charge in [0, 0.05) is 16.1 Å². The van der Waals surface area contributed by atoms with Crippen molar-refractivity contribution in [3.8, 4) is 29.1 Å². The van der Waals surface area contributed by atoms with Gasteiger partial charge in [0.05, 0.1) is 25.2 Å². The number of esters is 1. The summed E-state index contributed by atoms with van der Waals surface area (Å²) in [6.45, 7) is 2.59. The van der Waals surface area contributed by atoms with Crippen LogP contribution >= 0.6 is 15.9 Å². The minimum absolute atomic E-state index is 0.00772. The number of methoxy groups -OCH3 is 1. The molecule has 0 radical (unpaired) electrons. The first-order valence-electron chi connectivity index (χ1n) is 10.9. The van der Waals surface area contributed by atoms with E-state index in [-0.39, 0.29) is 11.5 Å². The van der Waals surface area contributed by atoms with Crippen molar-refractivity contribution in [1.29, 1.82) is 5.26 Å². The molecular formula is C27H23BrN2O5. The highest BCUT2D eigenvalue weighted by Crippen LogP contribution is 2.45. The highest BCUT2D eigenvalue weighted by atomic mass is 79.9. The van der Waals surface area contributed by atoms with Crippen LogP contribution in [0.15, 0.2) is 76.6 Å². The lowest BCUT2D eigenvalue weighted by molar-refractivity contribution is 0.0734. The van der Waals surface area contributed by atoms with Crippen LogP contribution in [0.5, 0.6) is 23.0 Å². The normalized spacial score (nSPS) is 14.4. The van der Waals surface area contributed by atoms with Crippen LogP contribution < -0.4 is 24.7 Å². The third kappa shape index (κ3) is 5.10. The van der Waals surface area contributed by atoms with Gasteiger partial charge in [-0.15, -0.1) is 0 Å². The molecule has 1 aliphatic rings. The maximum Gasteiger partial charge on any atom is 0.343 e. The summed E-state index contributed by atoms with van der Waals surface area (Å²) in [4.78, 5) is 12.5. The van der Waals surface area contributed by atoms with Crippen molar-refractivity contribution in [3.05, 3.63) is 93.3 Å². The van der Waals surface area contributed by atoms with Gasteiger partial charge in [-0.1, -0.05) is 35.0 Å². The molecular weight excluding hydrogens is 512 g/mol. The van der Waals surface area contributed by atoms with E-state index in [0.717, 1.165) is 16.5 Å². The Morgan fingerprint density at radius 1 is 1.11 bits per heavy atom. The Hall–Kier alpha value is -3.96. The number of hydrogen-bond acceptors (Lipinski definition) is 7. The molecule has 1 aliphatic heterocycles. The molecule has 1 atom stereocenters. The van der Waals surface area contributed by atoms with Crippen LogP contribution in [-0.4, -0.2) is 19.7 Å². The summed E-state index contributed by atoms with van der Waals surface area (Å²) in [5.74, 6) is 0.873. The summed E-state index contributed by atoms with van der Waals surface area (Å²) >= 11 is 3.35. The fourth-order valence-corrected chi connectivity index (χ4v) is 4.05. The lowest BCUT2D eigenvalue weighted by Crippen LogP contribution is -2.21. The average Bonchev–Trinajstić information content (AvgIpc) is 2.86. The van der Waals surface area contributed by atoms with Gasteiger partial charge in [0.15, 0.2) is 11.5 Å². The quantitative estimate of drug-likeness (QED) is 0.307. The molecule has 0 saturated heterocycles. The molecule has 4 rings (SSSR count). The summed E-state index contributed by atoms with van der Waals surface area (Å²) in [5, 5.41) is 9.84. The first-order valence-corrected chi connectivity index (χ1v) is 11.7. The lowest BCUT2D eigenvalue weighted by atomic mass is 9.83. The van der Waals surface area contributed by atoms with Gasteiger partial charge in [-0.25, -0.2) is 4.79 Å². The van der Waals surface area contributed by atoms with E-state index in [1.54, 1.807) is 49.6 Å². The Kier molecular flexibility index (Phi) is 7.28. The standard InChI is InChI=1S/C27H23BrN2O5/c1-3-12-33-22-11-6-17(13-24(22)32-2)25-20-10-9-19(14-23(20)35-26(30)21(25)15-29)34-27(31)16-4-7-18(28)8-5-16/h4-11,13-14,25H,3,12,30H2,1-2H3. The second-order valence-electron chi connectivity index (χ2n) is 7.78. The molecule has 178 valence electrons. The van der Waals surface area contributed by atoms with Crippen molar-refractivity contribution in [3.63, 3.8) is 0 Å². The van der Waals surface area contributed by atoms with E-state index in [0.29, 0.717) is 40.7 Å². The number of halogens is 1. The Morgan fingerprint density at radius 3 is 2.57 bits per heavy atom. The minimum atomic E-state index is -0.501. The molecule has 0 fully saturated rings. The number of benzene rings is 3. The molecule has 0 aromatic heterocycles. The predicted molar refractivity (Wildman–Crippen MR) is 134 cm³/mol. The van der Waals surface area contributed by atoms with E-state index in [1.807, 2.05) is 25.1 Å². The maximum absolute atomic E-state index is 12.5. The number of carbonyl (C=O) groups is 1. The first kappa shape index (κ1) is 24.2. The summed E-state index contributed by atoms with van der Waals surface area (Å²) < 4.78 is 23.4. The number of nitrogens with zero attached hydrogens (tertiary/aromatic N) is 1. The van der Waals surface area contributed by atoms with Crippen molar-refractivity contribution in [2.24, 2.45) is 5.73 Å². The Morgan fingerprint density at radius 2 is 1.89 bits per heavy atom. The van der Waals surface area contributed by atoms with Crippen LogP contribution in [0.4, 0.5) is 0 Å². The molecule has 0 spiro atoms. The highest BCUT2D eigenvalue weighted by molar-refractivity contribution is 9.10. The molecule has 3 aromatic rings. The zero-order chi connectivity index (χ0) is 24.9. The zero-order valence-corrected chi connectivity index (χ0v) is 20.8. The van der Waals surface area contributed by atoms with Crippen LogP contribution in [0.25, 0.3) is 0 Å². The molecule has 0 bridgehead atoms. The summed E-state index contributed by atoms with van der Waals surface area (Å²) in [5.41, 5.74) is 8.31. The molecule has 0 saturated carbocycles. The van der Waals surface area contributed by atoms with Gasteiger partial charge in [0.1, 0.15) is 23.1 Å². The zero-order valence-electron chi connectivity index (χ0n) is 19.2. The SMILES string of the molecule is CCCOc1ccc(C2C(C#N)=C(N)Oc3cc(OC(=O)c4ccc(Br)cc4)ccc32)cc1OC. The van der Waals surface area contributed by atoms with Crippen molar-refractivity contribution in [2.75, 3.05) is 13.7 Å². The largest absolute Gasteiger partial charge is 0.493 e. The second-order valence-corrected chi connectivity index (χ2v) is 8.70. The first-order chi connectivity index (χ1) is 16.9. The Balaban J connectivity index is 1.68. The van der Waals surface area contributed by atoms with Gasteiger partial charge in [0.2, 0.25) is 5.88 Å². The van der Waals surface area contributed by atoms with Crippen LogP contribution in [-0.2, 0) is 0 Å². The number of fused-ring (bicyclic) bond motifs is 1. The van der Waals surface area contributed by atoms with E-state index >= 15 is 0 Å². The third-order valence-electron chi connectivity index (χ3n) is 5.46. The fourth-order valence-electron chi connectivity index (χ4n) is 3.79. The number of nitriles is 1. The van der Waals surface area contributed by atoms with Crippen LogP contribution in [0.2, 0.25) is 0 Å². The summed E-state index contributed by atoms with van der Waals surface area (Å²) in [6.07, 6.45) is 0.866. The van der Waals surface area contributed by atoms with E-state index < -0.39 is 11.9 Å². The molecule has 35 heavy (non-hydrogen) atoms. The van der Waals surface area contributed by atoms with Gasteiger partial charge in [0.25, 0.3) is 0 Å². The summed E-state index contributed by atoms with van der Waals surface area (Å²) in [7, 11) is 1.57. The van der Waals surface area contributed by atoms with Crippen molar-refractivity contribution in [2.45, 2.75) is 19.3 Å². The van der Waals surface area contributed by atoms with E-state index in [4.69, 9.17) is 24.7 Å². The van der Waals surface area contributed by atoms with Gasteiger partial charge in [-0.05, 0) is 54.4 Å². The number of nitrogens with two attached hydrogens (primary N) is 1. The monoisotopic (exact) mass is 534 g/mol. The highest BCUT2D eigenvalue weighted by Gasteiger charge is 2.31. The Bertz CT molecular complexity index is 1330. The number of rotatable bonds is 7. The fraction of sp³-hybridized carbons (Fsp3) is 0.185. The van der Waals surface area contributed by atoms with Crippen LogP contribution in [0.1, 0.15) is 40.7 Å². The van der Waals surface area contributed by atoms with Gasteiger partial charge in [-0.2, -0.15) is 5.26 Å². The molecule has 1 heterocycles. The molecule has 1 unspecified atom stereocenters. The summed E-state index contributed by atoms with van der Waals surface area (Å²) in [6, 6.07) is 19.6. The number of carbonyl (C=O) groups excluding carboxylic acids is 1. The van der Waals surface area contributed by atoms with E-state index in [2.05, 4.69) is 22.0 Å². The second kappa shape index (κ2) is 10.5. The van der Waals surface area contributed by atoms with Crippen LogP contribution in [0, 0.1) is 11.3 Å². The molecule has 8 heteroatoms. The Labute approximate surface area is 211 Å². The molecule has 3 aromatic carbocycles. The lowest BCUT2D eigenvalue weighted by Gasteiger charge is -2.27. The van der Waals surface area contributed by atoms with Crippen molar-refractivity contribution in [1.82, 2.24) is 0 Å². The van der Waals surface area contributed by atoms with E-state index in [9.17, 15) is 10.1 Å². The van der Waals surface area contributed by atoms with Gasteiger partial charge in [-0.3, -0.25) is 0 Å².